The zero-order chi connectivity index (χ0) is 22.1. The van der Waals surface area contributed by atoms with Crippen LogP contribution in [0.1, 0.15) is 50.3 Å². The molecule has 1 amide bonds. The van der Waals surface area contributed by atoms with Crippen molar-refractivity contribution >= 4 is 17.2 Å². The maximum Gasteiger partial charge on any atom is 0.254 e. The van der Waals surface area contributed by atoms with Gasteiger partial charge in [-0.2, -0.15) is 5.10 Å². The summed E-state index contributed by atoms with van der Waals surface area (Å²) in [4.78, 5) is 29.0. The van der Waals surface area contributed by atoms with Gasteiger partial charge >= 0.3 is 0 Å². The van der Waals surface area contributed by atoms with Crippen molar-refractivity contribution in [2.24, 2.45) is 0 Å². The summed E-state index contributed by atoms with van der Waals surface area (Å²) >= 11 is 1.76. The van der Waals surface area contributed by atoms with Crippen LogP contribution in [-0.2, 0) is 6.42 Å². The van der Waals surface area contributed by atoms with Gasteiger partial charge in [0, 0.05) is 52.3 Å². The monoisotopic (exact) mass is 444 g/mol. The van der Waals surface area contributed by atoms with Crippen LogP contribution in [0.25, 0.3) is 17.2 Å². The minimum Gasteiger partial charge on any atom is -0.352 e. The molecule has 8 heteroatoms. The smallest absolute Gasteiger partial charge is 0.254 e. The lowest BCUT2D eigenvalue weighted by atomic mass is 10.1. The van der Waals surface area contributed by atoms with Gasteiger partial charge in [0.25, 0.3) is 11.9 Å². The van der Waals surface area contributed by atoms with Gasteiger partial charge in [-0.15, -0.1) is 11.3 Å². The number of carbonyl (C=O) groups excluding carboxylic acids is 1. The number of hydrogen-bond acceptors (Lipinski definition) is 6. The van der Waals surface area contributed by atoms with E-state index in [1.54, 1.807) is 34.6 Å². The number of pyridine rings is 1. The highest BCUT2D eigenvalue weighted by molar-refractivity contribution is 7.12. The second kappa shape index (κ2) is 8.63. The van der Waals surface area contributed by atoms with Crippen LogP contribution in [0.5, 0.6) is 0 Å². The Hall–Kier alpha value is -3.39. The molecule has 0 unspecified atom stereocenters. The number of nitrogens with zero attached hydrogens (tertiary/aromatic N) is 5. The topological polar surface area (TPSA) is 85.6 Å². The minimum absolute atomic E-state index is 0.116. The number of rotatable bonds is 7. The summed E-state index contributed by atoms with van der Waals surface area (Å²) in [6.07, 6.45) is 7.93. The van der Waals surface area contributed by atoms with E-state index in [2.05, 4.69) is 40.3 Å². The van der Waals surface area contributed by atoms with Crippen LogP contribution in [0.4, 0.5) is 0 Å². The van der Waals surface area contributed by atoms with E-state index in [-0.39, 0.29) is 5.91 Å². The van der Waals surface area contributed by atoms with E-state index in [4.69, 9.17) is 4.98 Å². The second-order valence-electron chi connectivity index (χ2n) is 8.03. The molecule has 1 saturated carbocycles. The molecule has 7 nitrogen and oxygen atoms in total. The largest absolute Gasteiger partial charge is 0.352 e. The van der Waals surface area contributed by atoms with E-state index >= 15 is 0 Å². The highest BCUT2D eigenvalue weighted by Crippen LogP contribution is 2.42. The molecule has 0 bridgehead atoms. The molecule has 0 aromatic carbocycles. The summed E-state index contributed by atoms with van der Waals surface area (Å²) in [7, 11) is 0. The first kappa shape index (κ1) is 20.5. The van der Waals surface area contributed by atoms with E-state index in [1.165, 1.54) is 9.75 Å². The van der Waals surface area contributed by atoms with Gasteiger partial charge in [-0.25, -0.2) is 14.6 Å². The summed E-state index contributed by atoms with van der Waals surface area (Å²) in [6, 6.07) is 9.87. The van der Waals surface area contributed by atoms with Crippen molar-refractivity contribution in [3.63, 3.8) is 0 Å². The van der Waals surface area contributed by atoms with Crippen LogP contribution in [0.3, 0.4) is 0 Å². The van der Waals surface area contributed by atoms with Crippen LogP contribution >= 0.6 is 11.3 Å². The molecular weight excluding hydrogens is 420 g/mol. The number of thiophene rings is 1. The highest BCUT2D eigenvalue weighted by atomic mass is 32.1. The number of nitrogens with one attached hydrogen (secondary N) is 1. The molecule has 0 radical (unpaired) electrons. The van der Waals surface area contributed by atoms with E-state index in [0.29, 0.717) is 30.4 Å². The second-order valence-corrected chi connectivity index (χ2v) is 9.49. The average molecular weight is 445 g/mol. The van der Waals surface area contributed by atoms with Crippen LogP contribution < -0.4 is 5.32 Å². The lowest BCUT2D eigenvalue weighted by Gasteiger charge is -2.09. The molecule has 1 N–H and O–H groups in total. The maximum atomic E-state index is 12.9. The first-order chi connectivity index (χ1) is 15.6. The van der Waals surface area contributed by atoms with Gasteiger partial charge < -0.3 is 5.32 Å². The predicted molar refractivity (Wildman–Crippen MR) is 124 cm³/mol. The Balaban J connectivity index is 1.40. The molecule has 4 aromatic rings. The third-order valence-corrected chi connectivity index (χ3v) is 6.52. The summed E-state index contributed by atoms with van der Waals surface area (Å²) in [6.45, 7) is 4.72. The molecule has 1 fully saturated rings. The van der Waals surface area contributed by atoms with E-state index in [1.807, 2.05) is 24.3 Å². The van der Waals surface area contributed by atoms with Crippen LogP contribution in [-0.4, -0.2) is 37.2 Å². The molecule has 32 heavy (non-hydrogen) atoms. The molecule has 1 aliphatic carbocycles. The lowest BCUT2D eigenvalue weighted by Crippen LogP contribution is -2.26. The quantitative estimate of drug-likeness (QED) is 0.460. The standard InChI is InChI=1S/C24H24N6OS/c1-15-13-19(16(2)32-15)21-9-12-27-24(29-21)30-22(17-6-7-17)20(14-28-30)23(31)26-11-8-18-5-3-4-10-25-18/h3-5,9-10,12-14,17H,6-8,11H2,1-2H3,(H,26,31). The molecule has 1 aliphatic rings. The van der Waals surface area contributed by atoms with Gasteiger partial charge in [0.2, 0.25) is 0 Å². The molecule has 162 valence electrons. The molecule has 0 spiro atoms. The lowest BCUT2D eigenvalue weighted by molar-refractivity contribution is 0.0953. The summed E-state index contributed by atoms with van der Waals surface area (Å²) < 4.78 is 1.74. The molecule has 0 atom stereocenters. The van der Waals surface area contributed by atoms with Gasteiger partial charge in [-0.05, 0) is 51.0 Å². The molecule has 4 aromatic heterocycles. The zero-order valence-electron chi connectivity index (χ0n) is 18.1. The number of aryl methyl sites for hydroxylation is 2. The van der Waals surface area contributed by atoms with Crippen molar-refractivity contribution in [3.8, 4) is 17.2 Å². The summed E-state index contributed by atoms with van der Waals surface area (Å²) in [5.41, 5.74) is 4.44. The molecule has 5 rings (SSSR count). The average Bonchev–Trinajstić information content (AvgIpc) is 3.45. The minimum atomic E-state index is -0.116. The first-order valence-corrected chi connectivity index (χ1v) is 11.6. The highest BCUT2D eigenvalue weighted by Gasteiger charge is 2.33. The fourth-order valence-corrected chi connectivity index (χ4v) is 4.81. The van der Waals surface area contributed by atoms with Crippen LogP contribution in [0.15, 0.2) is 48.9 Å². The van der Waals surface area contributed by atoms with Crippen molar-refractivity contribution in [1.29, 1.82) is 0 Å². The molecule has 0 saturated heterocycles. The van der Waals surface area contributed by atoms with Crippen LogP contribution in [0, 0.1) is 13.8 Å². The number of hydrogen-bond donors (Lipinski definition) is 1. The predicted octanol–water partition coefficient (Wildman–Crippen LogP) is 4.25. The Morgan fingerprint density at radius 1 is 1.19 bits per heavy atom. The Labute approximate surface area is 190 Å². The summed E-state index contributed by atoms with van der Waals surface area (Å²) in [5.74, 6) is 0.696. The van der Waals surface area contributed by atoms with Gasteiger partial charge in [-0.1, -0.05) is 6.07 Å². The fraction of sp³-hybridized carbons (Fsp3) is 0.292. The third kappa shape index (κ3) is 4.18. The Kier molecular flexibility index (Phi) is 5.53. The SMILES string of the molecule is Cc1cc(-c2ccnc(-n3ncc(C(=O)NCCc4ccccn4)c3C3CC3)n2)c(C)s1. The van der Waals surface area contributed by atoms with E-state index < -0.39 is 0 Å². The van der Waals surface area contributed by atoms with Gasteiger partial charge in [0.15, 0.2) is 0 Å². The van der Waals surface area contributed by atoms with Crippen molar-refractivity contribution in [2.75, 3.05) is 6.54 Å². The third-order valence-electron chi connectivity index (χ3n) is 5.56. The Morgan fingerprint density at radius 2 is 2.06 bits per heavy atom. The fourth-order valence-electron chi connectivity index (χ4n) is 3.87. The Bertz CT molecular complexity index is 1260. The van der Waals surface area contributed by atoms with Crippen molar-refractivity contribution in [3.05, 3.63) is 75.6 Å². The summed E-state index contributed by atoms with van der Waals surface area (Å²) in [5, 5.41) is 7.53. The normalized spacial score (nSPS) is 13.3. The zero-order valence-corrected chi connectivity index (χ0v) is 18.9. The van der Waals surface area contributed by atoms with Crippen molar-refractivity contribution < 1.29 is 4.79 Å². The van der Waals surface area contributed by atoms with E-state index in [0.717, 1.165) is 35.5 Å². The van der Waals surface area contributed by atoms with E-state index in [9.17, 15) is 4.79 Å². The van der Waals surface area contributed by atoms with Crippen molar-refractivity contribution in [1.82, 2.24) is 30.0 Å². The Morgan fingerprint density at radius 3 is 2.78 bits per heavy atom. The number of amides is 1. The van der Waals surface area contributed by atoms with Crippen LogP contribution in [0.2, 0.25) is 0 Å². The number of carbonyl (C=O) groups is 1. The number of aromatic nitrogens is 5. The first-order valence-electron chi connectivity index (χ1n) is 10.8. The molecular formula is C24H24N6OS. The molecule has 0 aliphatic heterocycles. The maximum absolute atomic E-state index is 12.9. The van der Waals surface area contributed by atoms with Crippen molar-refractivity contribution in [2.45, 2.75) is 39.0 Å². The van der Waals surface area contributed by atoms with Gasteiger partial charge in [0.1, 0.15) is 0 Å². The molecule has 4 heterocycles. The van der Waals surface area contributed by atoms with Gasteiger partial charge in [-0.3, -0.25) is 9.78 Å². The van der Waals surface area contributed by atoms with Gasteiger partial charge in [0.05, 0.1) is 23.1 Å².